The highest BCUT2D eigenvalue weighted by molar-refractivity contribution is 5.94. The molecule has 1 aliphatic heterocycles. The van der Waals surface area contributed by atoms with Gasteiger partial charge < -0.3 is 10.1 Å². The number of benzene rings is 2. The minimum Gasteiger partial charge on any atom is -0.463 e. The number of carbonyl (C=O) groups is 1. The Balaban J connectivity index is 2.28. The van der Waals surface area contributed by atoms with Gasteiger partial charge in [0.2, 0.25) is 0 Å². The van der Waals surface area contributed by atoms with Crippen LogP contribution in [-0.2, 0) is 9.53 Å². The van der Waals surface area contributed by atoms with Crippen molar-refractivity contribution >= 4 is 11.7 Å². The topological polar surface area (TPSA) is 81.5 Å². The van der Waals surface area contributed by atoms with E-state index in [4.69, 9.17) is 4.74 Å². The summed E-state index contributed by atoms with van der Waals surface area (Å²) < 4.78 is 5.24. The summed E-state index contributed by atoms with van der Waals surface area (Å²) in [4.78, 5) is 24.6. The third-order valence-corrected chi connectivity index (χ3v) is 4.94. The van der Waals surface area contributed by atoms with Gasteiger partial charge in [0.05, 0.1) is 17.1 Å². The molecule has 2 aromatic carbocycles. The van der Waals surface area contributed by atoms with Crippen molar-refractivity contribution in [3.05, 3.63) is 97.9 Å². The minimum atomic E-state index is -0.832. The van der Waals surface area contributed by atoms with Crippen LogP contribution in [0, 0.1) is 24.0 Å². The van der Waals surface area contributed by atoms with Crippen LogP contribution in [0.25, 0.3) is 5.70 Å². The van der Waals surface area contributed by atoms with Crippen molar-refractivity contribution in [2.24, 2.45) is 0 Å². The maximum Gasteiger partial charge on any atom is 0.336 e. The predicted molar refractivity (Wildman–Crippen MR) is 111 cm³/mol. The lowest BCUT2D eigenvalue weighted by atomic mass is 9.82. The van der Waals surface area contributed by atoms with Gasteiger partial charge in [-0.15, -0.1) is 0 Å². The maximum atomic E-state index is 12.8. The Bertz CT molecular complexity index is 1020. The number of nitro groups is 1. The molecule has 0 saturated heterocycles. The largest absolute Gasteiger partial charge is 0.463 e. The summed E-state index contributed by atoms with van der Waals surface area (Å²) >= 11 is 0. The van der Waals surface area contributed by atoms with E-state index >= 15 is 0 Å². The van der Waals surface area contributed by atoms with Gasteiger partial charge in [0, 0.05) is 11.3 Å². The molecule has 1 unspecified atom stereocenters. The summed E-state index contributed by atoms with van der Waals surface area (Å²) in [5, 5.41) is 15.3. The van der Waals surface area contributed by atoms with E-state index in [0.717, 1.165) is 11.1 Å². The Morgan fingerprint density at radius 1 is 1.10 bits per heavy atom. The van der Waals surface area contributed by atoms with Crippen LogP contribution in [0.4, 0.5) is 0 Å². The second kappa shape index (κ2) is 8.31. The molecule has 0 radical (unpaired) electrons. The molecule has 0 saturated carbocycles. The average Bonchev–Trinajstić information content (AvgIpc) is 2.67. The van der Waals surface area contributed by atoms with Gasteiger partial charge in [0.15, 0.2) is 0 Å². The van der Waals surface area contributed by atoms with Gasteiger partial charge >= 0.3 is 5.97 Å². The summed E-state index contributed by atoms with van der Waals surface area (Å²) in [7, 11) is 0. The van der Waals surface area contributed by atoms with Crippen molar-refractivity contribution < 1.29 is 14.5 Å². The SMILES string of the molecule is CCOC(=O)C1=C(C)NC(c2ccc(C)cc2)=C([N+](=O)[O-])C1c1cccc(C)c1. The van der Waals surface area contributed by atoms with Gasteiger partial charge in [0.25, 0.3) is 5.70 Å². The van der Waals surface area contributed by atoms with Gasteiger partial charge in [-0.2, -0.15) is 0 Å². The molecule has 0 bridgehead atoms. The third-order valence-electron chi connectivity index (χ3n) is 4.94. The van der Waals surface area contributed by atoms with Crippen LogP contribution in [-0.4, -0.2) is 17.5 Å². The molecule has 1 heterocycles. The van der Waals surface area contributed by atoms with Crippen LogP contribution in [0.2, 0.25) is 0 Å². The van der Waals surface area contributed by atoms with E-state index in [9.17, 15) is 14.9 Å². The highest BCUT2D eigenvalue weighted by atomic mass is 16.6. The van der Waals surface area contributed by atoms with Crippen molar-refractivity contribution in [1.29, 1.82) is 0 Å². The van der Waals surface area contributed by atoms with Gasteiger partial charge in [-0.05, 0) is 33.3 Å². The van der Waals surface area contributed by atoms with Gasteiger partial charge in [-0.1, -0.05) is 59.7 Å². The fraction of sp³-hybridized carbons (Fsp3) is 0.261. The number of nitrogens with one attached hydrogen (secondary N) is 1. The Hall–Kier alpha value is -3.41. The van der Waals surface area contributed by atoms with Crippen LogP contribution in [0.15, 0.2) is 65.5 Å². The lowest BCUT2D eigenvalue weighted by Gasteiger charge is -2.28. The summed E-state index contributed by atoms with van der Waals surface area (Å²) in [6.45, 7) is 7.54. The maximum absolute atomic E-state index is 12.8. The Kier molecular flexibility index (Phi) is 5.82. The lowest BCUT2D eigenvalue weighted by Crippen LogP contribution is -2.32. The number of rotatable bonds is 5. The molecule has 0 fully saturated rings. The van der Waals surface area contributed by atoms with E-state index in [1.165, 1.54) is 0 Å². The third kappa shape index (κ3) is 4.06. The van der Waals surface area contributed by atoms with Crippen molar-refractivity contribution in [3.8, 4) is 0 Å². The molecule has 1 N–H and O–H groups in total. The molecular formula is C23H24N2O4. The molecule has 150 valence electrons. The molecule has 1 aliphatic rings. The minimum absolute atomic E-state index is 0.0619. The number of allylic oxidation sites excluding steroid dienone is 2. The molecule has 1 atom stereocenters. The van der Waals surface area contributed by atoms with Gasteiger partial charge in [-0.3, -0.25) is 10.1 Å². The molecule has 0 aliphatic carbocycles. The number of esters is 1. The Labute approximate surface area is 170 Å². The first kappa shape index (κ1) is 20.3. The molecule has 3 rings (SSSR count). The van der Waals surface area contributed by atoms with Crippen LogP contribution in [0.1, 0.15) is 42.0 Å². The van der Waals surface area contributed by atoms with Crippen molar-refractivity contribution in [2.75, 3.05) is 6.61 Å². The molecular weight excluding hydrogens is 368 g/mol. The van der Waals surface area contributed by atoms with Crippen LogP contribution in [0.5, 0.6) is 0 Å². The Morgan fingerprint density at radius 2 is 1.79 bits per heavy atom. The highest BCUT2D eigenvalue weighted by Gasteiger charge is 2.42. The van der Waals surface area contributed by atoms with Crippen LogP contribution in [0.3, 0.4) is 0 Å². The molecule has 2 aromatic rings. The van der Waals surface area contributed by atoms with Gasteiger partial charge in [-0.25, -0.2) is 4.79 Å². The first-order valence-corrected chi connectivity index (χ1v) is 9.50. The molecule has 6 heteroatoms. The molecule has 29 heavy (non-hydrogen) atoms. The zero-order valence-corrected chi connectivity index (χ0v) is 17.0. The molecule has 6 nitrogen and oxygen atoms in total. The fourth-order valence-corrected chi connectivity index (χ4v) is 3.61. The quantitative estimate of drug-likeness (QED) is 0.461. The van der Waals surface area contributed by atoms with E-state index in [-0.39, 0.29) is 17.9 Å². The highest BCUT2D eigenvalue weighted by Crippen LogP contribution is 2.41. The van der Waals surface area contributed by atoms with E-state index in [1.54, 1.807) is 13.8 Å². The number of dihydropyridines is 1. The van der Waals surface area contributed by atoms with Gasteiger partial charge in [0.1, 0.15) is 11.6 Å². The number of ether oxygens (including phenoxy) is 1. The number of hydrogen-bond donors (Lipinski definition) is 1. The van der Waals surface area contributed by atoms with Crippen molar-refractivity contribution in [2.45, 2.75) is 33.6 Å². The monoisotopic (exact) mass is 392 g/mol. The summed E-state index contributed by atoms with van der Waals surface area (Å²) in [5.41, 5.74) is 4.55. The van der Waals surface area contributed by atoms with E-state index in [2.05, 4.69) is 5.32 Å². The fourth-order valence-electron chi connectivity index (χ4n) is 3.61. The van der Waals surface area contributed by atoms with E-state index < -0.39 is 16.8 Å². The summed E-state index contributed by atoms with van der Waals surface area (Å²) in [5.74, 6) is -1.38. The molecule has 0 aromatic heterocycles. The first-order chi connectivity index (χ1) is 13.8. The lowest BCUT2D eigenvalue weighted by molar-refractivity contribution is -0.428. The zero-order valence-electron chi connectivity index (χ0n) is 17.0. The van der Waals surface area contributed by atoms with Crippen LogP contribution < -0.4 is 5.32 Å². The second-order valence-corrected chi connectivity index (χ2v) is 7.11. The molecule has 0 spiro atoms. The Morgan fingerprint density at radius 3 is 2.38 bits per heavy atom. The number of aryl methyl sites for hydroxylation is 2. The summed E-state index contributed by atoms with van der Waals surface area (Å²) in [6, 6.07) is 14.9. The number of nitrogens with zero attached hydrogens (tertiary/aromatic N) is 1. The number of hydrogen-bond acceptors (Lipinski definition) is 5. The smallest absolute Gasteiger partial charge is 0.336 e. The summed E-state index contributed by atoms with van der Waals surface area (Å²) in [6.07, 6.45) is 0. The van der Waals surface area contributed by atoms with Crippen LogP contribution >= 0.6 is 0 Å². The predicted octanol–water partition coefficient (Wildman–Crippen LogP) is 4.47. The molecule has 0 amide bonds. The van der Waals surface area contributed by atoms with Crippen molar-refractivity contribution in [1.82, 2.24) is 5.32 Å². The zero-order chi connectivity index (χ0) is 21.1. The van der Waals surface area contributed by atoms with E-state index in [1.807, 2.05) is 62.4 Å². The first-order valence-electron chi connectivity index (χ1n) is 9.50. The number of carbonyl (C=O) groups excluding carboxylic acids is 1. The van der Waals surface area contributed by atoms with Crippen molar-refractivity contribution in [3.63, 3.8) is 0 Å². The second-order valence-electron chi connectivity index (χ2n) is 7.11. The standard InChI is InChI=1S/C23H24N2O4/c1-5-29-23(26)19-16(4)24-21(17-11-9-14(2)10-12-17)22(25(27)28)20(19)18-8-6-7-15(3)13-18/h6-13,20,24H,5H2,1-4H3. The van der Waals surface area contributed by atoms with E-state index in [0.29, 0.717) is 22.5 Å². The normalized spacial score (nSPS) is 16.5. The average molecular weight is 392 g/mol.